The molecule has 2 aliphatic rings. The number of aliphatic hydroxyl groups is 1. The summed E-state index contributed by atoms with van der Waals surface area (Å²) in [5.41, 5.74) is 3.23. The Morgan fingerprint density at radius 1 is 1.05 bits per heavy atom. The van der Waals surface area contributed by atoms with Crippen LogP contribution in [0.4, 0.5) is 5.69 Å². The Hall–Kier alpha value is -3.26. The van der Waals surface area contributed by atoms with Gasteiger partial charge in [0.2, 0.25) is 0 Å². The van der Waals surface area contributed by atoms with Gasteiger partial charge in [0.25, 0.3) is 0 Å². The van der Waals surface area contributed by atoms with Crippen LogP contribution in [0.2, 0.25) is 0 Å². The summed E-state index contributed by atoms with van der Waals surface area (Å²) in [6, 6.07) is 14.3. The highest BCUT2D eigenvalue weighted by Gasteiger charge is 2.20. The highest BCUT2D eigenvalue weighted by molar-refractivity contribution is 6.32. The number of rotatable bonds is 10. The molecule has 1 aliphatic heterocycles. The standard InChI is InChI=1S/C34H42ClN3O4/c1-34(2,3)23-6-8-24(9-7-23)37-25-10-11-31(28(35)20-25)42-30-12-15-36-29-22-33(32(40-4)21-27(29)30)41-19-5-16-38-17-13-26(39)14-18-38/h6-9,11-12,15,20-22,25-26,37,39H,5,10,13-14,16-19H2,1-4H3. The summed E-state index contributed by atoms with van der Waals surface area (Å²) in [7, 11) is 1.64. The number of benzene rings is 2. The van der Waals surface area contributed by atoms with Gasteiger partial charge in [-0.05, 0) is 73.1 Å². The second-order valence-electron chi connectivity index (χ2n) is 12.1. The zero-order chi connectivity index (χ0) is 29.7. The van der Waals surface area contributed by atoms with E-state index in [2.05, 4.69) is 60.2 Å². The van der Waals surface area contributed by atoms with Gasteiger partial charge in [0.15, 0.2) is 11.5 Å². The van der Waals surface area contributed by atoms with Gasteiger partial charge in [-0.3, -0.25) is 4.98 Å². The fraction of sp³-hybridized carbons (Fsp3) is 0.441. The Kier molecular flexibility index (Phi) is 9.61. The average Bonchev–Trinajstić information content (AvgIpc) is 2.97. The lowest BCUT2D eigenvalue weighted by Gasteiger charge is -2.29. The van der Waals surface area contributed by atoms with Crippen LogP contribution in [-0.4, -0.2) is 60.5 Å². The molecular formula is C34H42ClN3O4. The molecule has 2 heterocycles. The lowest BCUT2D eigenvalue weighted by Crippen LogP contribution is -2.36. The number of piperidine rings is 1. The van der Waals surface area contributed by atoms with Crippen molar-refractivity contribution in [3.63, 3.8) is 0 Å². The van der Waals surface area contributed by atoms with Gasteiger partial charge in [0.05, 0.1) is 30.4 Å². The molecule has 5 rings (SSSR count). The molecule has 0 radical (unpaired) electrons. The second kappa shape index (κ2) is 13.4. The van der Waals surface area contributed by atoms with E-state index < -0.39 is 0 Å². The summed E-state index contributed by atoms with van der Waals surface area (Å²) in [4.78, 5) is 6.93. The Morgan fingerprint density at radius 3 is 2.50 bits per heavy atom. The largest absolute Gasteiger partial charge is 0.493 e. The normalized spacial score (nSPS) is 18.4. The van der Waals surface area contributed by atoms with Crippen LogP contribution in [-0.2, 0) is 5.41 Å². The summed E-state index contributed by atoms with van der Waals surface area (Å²) in [6.07, 6.45) is 8.92. The first-order chi connectivity index (χ1) is 20.2. The predicted molar refractivity (Wildman–Crippen MR) is 170 cm³/mol. The Labute approximate surface area is 254 Å². The van der Waals surface area contributed by atoms with Crippen molar-refractivity contribution >= 4 is 28.2 Å². The highest BCUT2D eigenvalue weighted by Crippen LogP contribution is 2.37. The number of methoxy groups -OCH3 is 1. The first kappa shape index (κ1) is 30.2. The lowest BCUT2D eigenvalue weighted by atomic mass is 9.87. The number of ether oxygens (including phenoxy) is 3. The van der Waals surface area contributed by atoms with E-state index in [1.54, 1.807) is 13.3 Å². The molecule has 0 saturated carbocycles. The number of pyridine rings is 1. The van der Waals surface area contributed by atoms with E-state index in [1.165, 1.54) is 5.56 Å². The van der Waals surface area contributed by atoms with Gasteiger partial charge in [0, 0.05) is 49.0 Å². The molecule has 1 atom stereocenters. The number of halogens is 1. The smallest absolute Gasteiger partial charge is 0.163 e. The molecule has 7 nitrogen and oxygen atoms in total. The van der Waals surface area contributed by atoms with Crippen LogP contribution < -0.4 is 19.5 Å². The summed E-state index contributed by atoms with van der Waals surface area (Å²) in [5, 5.41) is 14.6. The van der Waals surface area contributed by atoms with Crippen LogP contribution in [0.3, 0.4) is 0 Å². The number of anilines is 1. The van der Waals surface area contributed by atoms with Crippen LogP contribution in [0, 0.1) is 0 Å². The molecule has 2 N–H and O–H groups in total. The summed E-state index contributed by atoms with van der Waals surface area (Å²) < 4.78 is 18.1. The number of likely N-dealkylation sites (tertiary alicyclic amines) is 1. The van der Waals surface area contributed by atoms with Crippen molar-refractivity contribution in [2.45, 2.75) is 64.0 Å². The van der Waals surface area contributed by atoms with Gasteiger partial charge < -0.3 is 29.5 Å². The number of hydrogen-bond acceptors (Lipinski definition) is 7. The van der Waals surface area contributed by atoms with E-state index in [4.69, 9.17) is 25.8 Å². The fourth-order valence-corrected chi connectivity index (χ4v) is 5.62. The quantitative estimate of drug-likeness (QED) is 0.245. The maximum atomic E-state index is 9.71. The summed E-state index contributed by atoms with van der Waals surface area (Å²) >= 11 is 6.70. The van der Waals surface area contributed by atoms with Crippen molar-refractivity contribution in [1.29, 1.82) is 0 Å². The molecule has 0 amide bonds. The van der Waals surface area contributed by atoms with Crippen LogP contribution in [0.15, 0.2) is 71.6 Å². The molecule has 2 aromatic carbocycles. The Bertz CT molecular complexity index is 1420. The SMILES string of the molecule is COc1cc2c(OC3=CCC(Nc4ccc(C(C)(C)C)cc4)C=C3Cl)ccnc2cc1OCCCN1CCC(O)CC1. The number of hydrogen-bond donors (Lipinski definition) is 2. The topological polar surface area (TPSA) is 76.1 Å². The van der Waals surface area contributed by atoms with Crippen LogP contribution in [0.5, 0.6) is 17.2 Å². The minimum Gasteiger partial charge on any atom is -0.493 e. The first-order valence-corrected chi connectivity index (χ1v) is 15.2. The lowest BCUT2D eigenvalue weighted by molar-refractivity contribution is 0.0799. The average molecular weight is 592 g/mol. The van der Waals surface area contributed by atoms with E-state index in [1.807, 2.05) is 30.4 Å². The summed E-state index contributed by atoms with van der Waals surface area (Å²) in [5.74, 6) is 2.55. The maximum Gasteiger partial charge on any atom is 0.163 e. The van der Waals surface area contributed by atoms with Gasteiger partial charge in [-0.2, -0.15) is 0 Å². The van der Waals surface area contributed by atoms with Crippen LogP contribution in [0.25, 0.3) is 10.9 Å². The van der Waals surface area contributed by atoms with E-state index in [-0.39, 0.29) is 17.6 Å². The minimum absolute atomic E-state index is 0.0702. The molecule has 8 heteroatoms. The van der Waals surface area contributed by atoms with E-state index >= 15 is 0 Å². The van der Waals surface area contributed by atoms with E-state index in [9.17, 15) is 5.11 Å². The number of aromatic nitrogens is 1. The molecule has 1 unspecified atom stereocenters. The number of nitrogens with zero attached hydrogens (tertiary/aromatic N) is 2. The molecule has 42 heavy (non-hydrogen) atoms. The maximum absolute atomic E-state index is 9.71. The molecular weight excluding hydrogens is 550 g/mol. The van der Waals surface area contributed by atoms with Crippen molar-refractivity contribution in [2.24, 2.45) is 0 Å². The van der Waals surface area contributed by atoms with Crippen molar-refractivity contribution in [3.8, 4) is 17.2 Å². The van der Waals surface area contributed by atoms with Gasteiger partial charge >= 0.3 is 0 Å². The third-order valence-electron chi connectivity index (χ3n) is 7.88. The van der Waals surface area contributed by atoms with Gasteiger partial charge in [0.1, 0.15) is 11.5 Å². The molecule has 1 saturated heterocycles. The number of nitrogens with one attached hydrogen (secondary N) is 1. The van der Waals surface area contributed by atoms with Gasteiger partial charge in [-0.1, -0.05) is 44.5 Å². The molecule has 1 fully saturated rings. The Morgan fingerprint density at radius 2 is 1.81 bits per heavy atom. The molecule has 0 bridgehead atoms. The van der Waals surface area contributed by atoms with Gasteiger partial charge in [-0.25, -0.2) is 0 Å². The van der Waals surface area contributed by atoms with Crippen molar-refractivity contribution < 1.29 is 19.3 Å². The van der Waals surface area contributed by atoms with Crippen LogP contribution in [0.1, 0.15) is 52.0 Å². The minimum atomic E-state index is -0.155. The monoisotopic (exact) mass is 591 g/mol. The molecule has 1 aliphatic carbocycles. The van der Waals surface area contributed by atoms with Crippen molar-refractivity contribution in [2.75, 3.05) is 38.7 Å². The third kappa shape index (κ3) is 7.57. The number of allylic oxidation sites excluding steroid dienone is 1. The predicted octanol–water partition coefficient (Wildman–Crippen LogP) is 7.04. The molecule has 3 aromatic rings. The molecule has 1 aromatic heterocycles. The summed E-state index contributed by atoms with van der Waals surface area (Å²) in [6.45, 7) is 10.0. The molecule has 0 spiro atoms. The zero-order valence-electron chi connectivity index (χ0n) is 25.0. The highest BCUT2D eigenvalue weighted by atomic mass is 35.5. The van der Waals surface area contributed by atoms with Crippen molar-refractivity contribution in [1.82, 2.24) is 9.88 Å². The first-order valence-electron chi connectivity index (χ1n) is 14.8. The number of fused-ring (bicyclic) bond motifs is 1. The van der Waals surface area contributed by atoms with E-state index in [0.717, 1.165) is 61.9 Å². The van der Waals surface area contributed by atoms with Gasteiger partial charge in [-0.15, -0.1) is 0 Å². The second-order valence-corrected chi connectivity index (χ2v) is 12.5. The van der Waals surface area contributed by atoms with Crippen LogP contribution >= 0.6 is 11.6 Å². The number of aliphatic hydroxyl groups excluding tert-OH is 1. The zero-order valence-corrected chi connectivity index (χ0v) is 25.8. The van der Waals surface area contributed by atoms with Crippen molar-refractivity contribution in [3.05, 3.63) is 77.2 Å². The fourth-order valence-electron chi connectivity index (χ4n) is 5.35. The third-order valence-corrected chi connectivity index (χ3v) is 8.20. The Balaban J connectivity index is 1.21. The molecule has 224 valence electrons. The van der Waals surface area contributed by atoms with E-state index in [0.29, 0.717) is 34.6 Å².